The molecule has 0 aromatic rings. The number of nitrogens with one attached hydrogen (secondary N) is 1. The minimum atomic E-state index is 0.338. The van der Waals surface area contributed by atoms with E-state index in [1.54, 1.807) is 7.05 Å². The molecule has 0 unspecified atom stereocenters. The molecule has 0 saturated carbocycles. The van der Waals surface area contributed by atoms with Crippen LogP contribution < -0.4 is 21.8 Å². The monoisotopic (exact) mass is 116 g/mol. The molecule has 0 aromatic carbocycles. The predicted octanol–water partition coefficient (Wildman–Crippen LogP) is -2.62. The van der Waals surface area contributed by atoms with Gasteiger partial charge in [-0.3, -0.25) is 0 Å². The molecule has 0 heterocycles. The Morgan fingerprint density at radius 2 is 2.38 bits per heavy atom. The maximum Gasteiger partial charge on any atom is 0.474 e. The number of guanidine groups is 1. The van der Waals surface area contributed by atoms with Gasteiger partial charge < -0.3 is 0 Å². The average Bonchev–Trinajstić information content (AvgIpc) is 1.69. The summed E-state index contributed by atoms with van der Waals surface area (Å²) in [5, 5.41) is 1.23. The van der Waals surface area contributed by atoms with Gasteiger partial charge in [-0.05, 0) is 0 Å². The van der Waals surface area contributed by atoms with E-state index < -0.39 is 0 Å². The van der Waals surface area contributed by atoms with Crippen LogP contribution in [0, 0.1) is 0 Å². The summed E-state index contributed by atoms with van der Waals surface area (Å²) in [6, 6.07) is 0. The number of nitrogens with zero attached hydrogens (tertiary/aromatic N) is 2. The zero-order valence-electron chi connectivity index (χ0n) is 4.76. The second-order valence-corrected chi connectivity index (χ2v) is 1.24. The molecule has 0 fully saturated rings. The summed E-state index contributed by atoms with van der Waals surface area (Å²) >= 11 is 0. The molecule has 0 aliphatic carbocycles. The zero-order valence-corrected chi connectivity index (χ0v) is 4.76. The van der Waals surface area contributed by atoms with Crippen LogP contribution in [0.2, 0.25) is 0 Å². The van der Waals surface area contributed by atoms with E-state index in [9.17, 15) is 0 Å². The average molecular weight is 116 g/mol. The van der Waals surface area contributed by atoms with Crippen LogP contribution in [0.1, 0.15) is 0 Å². The predicted molar refractivity (Wildman–Crippen MR) is 33.5 cm³/mol. The first-order valence-corrected chi connectivity index (χ1v) is 2.01. The molecule has 46 valence electrons. The highest BCUT2D eigenvalue weighted by Crippen LogP contribution is 1.58. The Bertz CT molecular complexity index is 111. The molecular formula is C3H10N5+. The number of hydrazine groups is 2. The summed E-state index contributed by atoms with van der Waals surface area (Å²) in [6.45, 7) is 3.20. The second kappa shape index (κ2) is 3.04. The lowest BCUT2D eigenvalue weighted by Crippen LogP contribution is -2.47. The fourth-order valence-electron chi connectivity index (χ4n) is 0.259. The van der Waals surface area contributed by atoms with Crippen molar-refractivity contribution in [1.82, 2.24) is 15.1 Å². The largest absolute Gasteiger partial charge is 0.474 e. The van der Waals surface area contributed by atoms with Crippen LogP contribution in [-0.2, 0) is 0 Å². The van der Waals surface area contributed by atoms with Gasteiger partial charge in [-0.1, -0.05) is 0 Å². The van der Waals surface area contributed by atoms with E-state index in [2.05, 4.69) is 16.8 Å². The lowest BCUT2D eigenvalue weighted by molar-refractivity contribution is 0.513. The Labute approximate surface area is 47.6 Å². The summed E-state index contributed by atoms with van der Waals surface area (Å²) in [4.78, 5) is 0. The van der Waals surface area contributed by atoms with E-state index >= 15 is 0 Å². The highest BCUT2D eigenvalue weighted by molar-refractivity contribution is 5.78. The second-order valence-electron chi connectivity index (χ2n) is 1.24. The molecule has 0 aliphatic heterocycles. The van der Waals surface area contributed by atoms with Gasteiger partial charge in [0.1, 0.15) is 6.72 Å². The maximum absolute atomic E-state index is 5.18. The third kappa shape index (κ3) is 1.61. The molecule has 0 spiro atoms. The standard InChI is InChI=1S/C3H9N5/c1-6-3(7-4)8(2)5/h1,4-5H2,2H3/p+1. The van der Waals surface area contributed by atoms with Crippen molar-refractivity contribution in [3.8, 4) is 0 Å². The molecule has 0 aromatic heterocycles. The van der Waals surface area contributed by atoms with Gasteiger partial charge in [0.2, 0.25) is 0 Å². The fraction of sp³-hybridized carbons (Fsp3) is 0.333. The molecule has 5 nitrogen and oxygen atoms in total. The Morgan fingerprint density at radius 3 is 2.38 bits per heavy atom. The van der Waals surface area contributed by atoms with E-state index in [1.165, 1.54) is 5.01 Å². The van der Waals surface area contributed by atoms with Crippen LogP contribution >= 0.6 is 0 Å². The minimum Gasteiger partial charge on any atom is -0.249 e. The maximum atomic E-state index is 5.18. The van der Waals surface area contributed by atoms with Crippen LogP contribution in [0.25, 0.3) is 0 Å². The SMILES string of the molecule is C=[N+]=C(NN)N(C)N. The van der Waals surface area contributed by atoms with Crippen molar-refractivity contribution < 1.29 is 0 Å². The van der Waals surface area contributed by atoms with Gasteiger partial charge in [0.25, 0.3) is 0 Å². The Kier molecular flexibility index (Phi) is 2.64. The lowest BCUT2D eigenvalue weighted by atomic mass is 10.9. The lowest BCUT2D eigenvalue weighted by Gasteiger charge is -1.98. The van der Waals surface area contributed by atoms with Crippen molar-refractivity contribution in [2.45, 2.75) is 0 Å². The first kappa shape index (κ1) is 6.97. The quantitative estimate of drug-likeness (QED) is 0.106. The van der Waals surface area contributed by atoms with Gasteiger partial charge in [0.05, 0.1) is 7.05 Å². The van der Waals surface area contributed by atoms with E-state index in [4.69, 9.17) is 11.7 Å². The van der Waals surface area contributed by atoms with Gasteiger partial charge in [0.15, 0.2) is 0 Å². The summed E-state index contributed by atoms with van der Waals surface area (Å²) < 4.78 is 3.44. The van der Waals surface area contributed by atoms with Gasteiger partial charge in [-0.25, -0.2) is 4.67 Å². The van der Waals surface area contributed by atoms with E-state index in [-0.39, 0.29) is 0 Å². The number of rotatable bonds is 0. The fourth-order valence-corrected chi connectivity index (χ4v) is 0.259. The molecule has 8 heavy (non-hydrogen) atoms. The Balaban J connectivity index is 3.92. The highest BCUT2D eigenvalue weighted by atomic mass is 15.5. The highest BCUT2D eigenvalue weighted by Gasteiger charge is 2.06. The minimum absolute atomic E-state index is 0.338. The molecule has 0 radical (unpaired) electrons. The van der Waals surface area contributed by atoms with Gasteiger partial charge in [0, 0.05) is 0 Å². The molecule has 0 aliphatic rings. The third-order valence-corrected chi connectivity index (χ3v) is 0.613. The van der Waals surface area contributed by atoms with E-state index in [0.29, 0.717) is 5.96 Å². The summed E-state index contributed by atoms with van der Waals surface area (Å²) in [6.07, 6.45) is 0. The summed E-state index contributed by atoms with van der Waals surface area (Å²) in [5.74, 6) is 10.5. The van der Waals surface area contributed by atoms with Crippen molar-refractivity contribution in [2.75, 3.05) is 7.05 Å². The topological polar surface area (TPSA) is 81.4 Å². The van der Waals surface area contributed by atoms with Crippen LogP contribution in [0.4, 0.5) is 0 Å². The zero-order chi connectivity index (χ0) is 6.57. The van der Waals surface area contributed by atoms with Crippen LogP contribution in [0.5, 0.6) is 0 Å². The van der Waals surface area contributed by atoms with Crippen LogP contribution in [0.15, 0.2) is 0 Å². The van der Waals surface area contributed by atoms with Crippen molar-refractivity contribution >= 4 is 12.7 Å². The van der Waals surface area contributed by atoms with Gasteiger partial charge in [-0.15, -0.1) is 0 Å². The molecule has 5 heteroatoms. The van der Waals surface area contributed by atoms with E-state index in [1.807, 2.05) is 0 Å². The smallest absolute Gasteiger partial charge is 0.249 e. The van der Waals surface area contributed by atoms with Gasteiger partial charge >= 0.3 is 5.96 Å². The van der Waals surface area contributed by atoms with Crippen LogP contribution in [0.3, 0.4) is 0 Å². The number of hydrogen-bond donors (Lipinski definition) is 3. The molecule has 0 amide bonds. The number of hydrogen-bond acceptors (Lipinski definition) is 2. The first-order valence-electron chi connectivity index (χ1n) is 2.01. The van der Waals surface area contributed by atoms with Crippen molar-refractivity contribution in [1.29, 1.82) is 0 Å². The number of nitrogens with two attached hydrogens (primary N) is 2. The molecule has 0 rings (SSSR count). The Morgan fingerprint density at radius 1 is 1.88 bits per heavy atom. The van der Waals surface area contributed by atoms with Crippen LogP contribution in [-0.4, -0.2) is 24.7 Å². The summed E-state index contributed by atoms with van der Waals surface area (Å²) in [5.41, 5.74) is 2.24. The van der Waals surface area contributed by atoms with Crippen molar-refractivity contribution in [2.24, 2.45) is 11.7 Å². The van der Waals surface area contributed by atoms with Gasteiger partial charge in [-0.2, -0.15) is 22.1 Å². The molecular weight excluding hydrogens is 106 g/mol. The third-order valence-electron chi connectivity index (χ3n) is 0.613. The normalized spacial score (nSPS) is 7.38. The summed E-state index contributed by atoms with van der Waals surface area (Å²) in [7, 11) is 1.60. The van der Waals surface area contributed by atoms with Crippen molar-refractivity contribution in [3.05, 3.63) is 0 Å². The molecule has 0 atom stereocenters. The Hall–Kier alpha value is -1.03. The molecule has 0 saturated heterocycles. The first-order chi connectivity index (χ1) is 3.72. The molecule has 0 bridgehead atoms. The van der Waals surface area contributed by atoms with Crippen molar-refractivity contribution in [3.63, 3.8) is 0 Å². The van der Waals surface area contributed by atoms with E-state index in [0.717, 1.165) is 0 Å². The molecule has 5 N–H and O–H groups in total.